The van der Waals surface area contributed by atoms with E-state index in [-0.39, 0.29) is 30.6 Å². The molecule has 0 saturated carbocycles. The zero-order chi connectivity index (χ0) is 18.7. The summed E-state index contributed by atoms with van der Waals surface area (Å²) in [5, 5.41) is 6.61. The van der Waals surface area contributed by atoms with E-state index in [0.717, 1.165) is 5.56 Å². The highest BCUT2D eigenvalue weighted by atomic mass is 32.2. The minimum atomic E-state index is -3.38. The lowest BCUT2D eigenvalue weighted by atomic mass is 10.1. The number of nitrogens with zero attached hydrogens (tertiary/aromatic N) is 2. The summed E-state index contributed by atoms with van der Waals surface area (Å²) in [4.78, 5) is 12.4. The molecular formula is C17H21N3O5S. The fourth-order valence-corrected chi connectivity index (χ4v) is 3.87. The lowest BCUT2D eigenvalue weighted by Gasteiger charge is -2.20. The minimum absolute atomic E-state index is 0.0843. The van der Waals surface area contributed by atoms with Gasteiger partial charge in [0.15, 0.2) is 11.5 Å². The molecule has 1 aliphatic rings. The lowest BCUT2D eigenvalue weighted by molar-refractivity contribution is 0.0917. The zero-order valence-electron chi connectivity index (χ0n) is 14.6. The molecule has 1 aliphatic heterocycles. The van der Waals surface area contributed by atoms with Crippen molar-refractivity contribution in [3.8, 4) is 11.3 Å². The lowest BCUT2D eigenvalue weighted by Crippen LogP contribution is -2.43. The van der Waals surface area contributed by atoms with Crippen LogP contribution in [0.3, 0.4) is 0 Å². The van der Waals surface area contributed by atoms with Crippen molar-refractivity contribution in [2.45, 2.75) is 6.04 Å². The van der Waals surface area contributed by atoms with Crippen molar-refractivity contribution in [2.24, 2.45) is 5.92 Å². The van der Waals surface area contributed by atoms with Crippen LogP contribution in [-0.4, -0.2) is 62.9 Å². The number of amides is 1. The van der Waals surface area contributed by atoms with Gasteiger partial charge in [-0.2, -0.15) is 0 Å². The first-order valence-electron chi connectivity index (χ1n) is 8.18. The Balaban J connectivity index is 1.67. The van der Waals surface area contributed by atoms with E-state index in [9.17, 15) is 13.2 Å². The van der Waals surface area contributed by atoms with Crippen molar-refractivity contribution in [1.29, 1.82) is 0 Å². The second-order valence-electron chi connectivity index (χ2n) is 6.38. The largest absolute Gasteiger partial charge is 0.379 e. The molecule has 8 nitrogen and oxygen atoms in total. The van der Waals surface area contributed by atoms with Gasteiger partial charge >= 0.3 is 0 Å². The summed E-state index contributed by atoms with van der Waals surface area (Å²) >= 11 is 0. The number of hydrogen-bond donors (Lipinski definition) is 1. The standard InChI is InChI=1S/C17H21N3O5S/c1-20(2)26(22,23)11-13-9-24-10-15(13)18-17(21)14-8-16(25-19-14)12-6-4-3-5-7-12/h3-8,13,15H,9-11H2,1-2H3,(H,18,21)/t13-,15+/m0/s1. The molecule has 0 unspecified atom stereocenters. The number of sulfonamides is 1. The van der Waals surface area contributed by atoms with Crippen LogP contribution in [0.1, 0.15) is 10.5 Å². The predicted octanol–water partition coefficient (Wildman–Crippen LogP) is 0.978. The Morgan fingerprint density at radius 2 is 2.00 bits per heavy atom. The second kappa shape index (κ2) is 7.56. The van der Waals surface area contributed by atoms with Gasteiger partial charge in [0, 0.05) is 31.6 Å². The third-order valence-electron chi connectivity index (χ3n) is 4.30. The monoisotopic (exact) mass is 379 g/mol. The van der Waals surface area contributed by atoms with Crippen LogP contribution in [-0.2, 0) is 14.8 Å². The Labute approximate surface area is 152 Å². The SMILES string of the molecule is CN(C)S(=O)(=O)C[C@@H]1COC[C@H]1NC(=O)c1cc(-c2ccccc2)on1. The number of hydrogen-bond acceptors (Lipinski definition) is 6. The molecule has 9 heteroatoms. The first-order valence-corrected chi connectivity index (χ1v) is 9.78. The van der Waals surface area contributed by atoms with Gasteiger partial charge in [0.2, 0.25) is 10.0 Å². The number of carbonyl (C=O) groups excluding carboxylic acids is 1. The number of carbonyl (C=O) groups is 1. The molecule has 2 aromatic rings. The molecule has 1 saturated heterocycles. The summed E-state index contributed by atoms with van der Waals surface area (Å²) in [6, 6.07) is 10.5. The van der Waals surface area contributed by atoms with Crippen molar-refractivity contribution < 1.29 is 22.5 Å². The minimum Gasteiger partial charge on any atom is -0.379 e. The maximum atomic E-state index is 12.4. The van der Waals surface area contributed by atoms with Crippen molar-refractivity contribution in [3.63, 3.8) is 0 Å². The predicted molar refractivity (Wildman–Crippen MR) is 95.0 cm³/mol. The van der Waals surface area contributed by atoms with Gasteiger partial charge in [-0.15, -0.1) is 0 Å². The third kappa shape index (κ3) is 4.12. The number of nitrogens with one attached hydrogen (secondary N) is 1. The summed E-state index contributed by atoms with van der Waals surface area (Å²) < 4.78 is 35.9. The molecular weight excluding hydrogens is 358 g/mol. The van der Waals surface area contributed by atoms with Crippen LogP contribution in [0.15, 0.2) is 40.9 Å². The first-order chi connectivity index (χ1) is 12.4. The van der Waals surface area contributed by atoms with Gasteiger partial charge < -0.3 is 14.6 Å². The van der Waals surface area contributed by atoms with Gasteiger partial charge in [-0.1, -0.05) is 35.5 Å². The van der Waals surface area contributed by atoms with Crippen LogP contribution in [0.5, 0.6) is 0 Å². The molecule has 1 amide bonds. The van der Waals surface area contributed by atoms with Crippen molar-refractivity contribution in [2.75, 3.05) is 33.1 Å². The van der Waals surface area contributed by atoms with E-state index in [1.807, 2.05) is 30.3 Å². The average Bonchev–Trinajstić information content (AvgIpc) is 3.25. The van der Waals surface area contributed by atoms with Crippen molar-refractivity contribution in [1.82, 2.24) is 14.8 Å². The van der Waals surface area contributed by atoms with Crippen molar-refractivity contribution >= 4 is 15.9 Å². The topological polar surface area (TPSA) is 102 Å². The van der Waals surface area contributed by atoms with E-state index < -0.39 is 22.0 Å². The van der Waals surface area contributed by atoms with Crippen molar-refractivity contribution in [3.05, 3.63) is 42.1 Å². The molecule has 2 atom stereocenters. The fraction of sp³-hybridized carbons (Fsp3) is 0.412. The van der Waals surface area contributed by atoms with Gasteiger partial charge in [-0.3, -0.25) is 4.79 Å². The summed E-state index contributed by atoms with van der Waals surface area (Å²) in [6.45, 7) is 0.550. The maximum absolute atomic E-state index is 12.4. The molecule has 1 aromatic carbocycles. The summed E-state index contributed by atoms with van der Waals surface area (Å²) in [5.41, 5.74) is 0.961. The fourth-order valence-electron chi connectivity index (χ4n) is 2.71. The van der Waals surface area contributed by atoms with E-state index >= 15 is 0 Å². The number of aromatic nitrogens is 1. The molecule has 2 heterocycles. The highest BCUT2D eigenvalue weighted by molar-refractivity contribution is 7.89. The molecule has 140 valence electrons. The molecule has 0 spiro atoms. The number of benzene rings is 1. The van der Waals surface area contributed by atoms with E-state index in [1.165, 1.54) is 18.4 Å². The molecule has 3 rings (SSSR count). The Morgan fingerprint density at radius 1 is 1.27 bits per heavy atom. The van der Waals surface area contributed by atoms with Crippen LogP contribution in [0, 0.1) is 5.92 Å². The van der Waals surface area contributed by atoms with Gasteiger partial charge in [-0.05, 0) is 0 Å². The van der Waals surface area contributed by atoms with Gasteiger partial charge in [-0.25, -0.2) is 12.7 Å². The van der Waals surface area contributed by atoms with Gasteiger partial charge in [0.05, 0.1) is 25.0 Å². The Hall–Kier alpha value is -2.23. The van der Waals surface area contributed by atoms with Crippen LogP contribution < -0.4 is 5.32 Å². The number of rotatable bonds is 6. The molecule has 1 N–H and O–H groups in total. The Kier molecular flexibility index (Phi) is 5.40. The highest BCUT2D eigenvalue weighted by Gasteiger charge is 2.34. The second-order valence-corrected chi connectivity index (χ2v) is 8.61. The normalized spacial score (nSPS) is 20.4. The molecule has 1 fully saturated rings. The first kappa shape index (κ1) is 18.6. The maximum Gasteiger partial charge on any atom is 0.273 e. The number of ether oxygens (including phenoxy) is 1. The summed E-state index contributed by atoms with van der Waals surface area (Å²) in [7, 11) is -0.408. The van der Waals surface area contributed by atoms with E-state index in [4.69, 9.17) is 9.26 Å². The Bertz CT molecular complexity index is 864. The molecule has 26 heavy (non-hydrogen) atoms. The van der Waals surface area contributed by atoms with Crippen LogP contribution in [0.2, 0.25) is 0 Å². The summed E-state index contributed by atoms with van der Waals surface area (Å²) in [5.74, 6) is -0.324. The zero-order valence-corrected chi connectivity index (χ0v) is 15.4. The third-order valence-corrected chi connectivity index (χ3v) is 6.26. The quantitative estimate of drug-likeness (QED) is 0.803. The Morgan fingerprint density at radius 3 is 2.69 bits per heavy atom. The highest BCUT2D eigenvalue weighted by Crippen LogP contribution is 2.21. The molecule has 1 aromatic heterocycles. The molecule has 0 bridgehead atoms. The summed E-state index contributed by atoms with van der Waals surface area (Å²) in [6.07, 6.45) is 0. The molecule has 0 radical (unpaired) electrons. The smallest absolute Gasteiger partial charge is 0.273 e. The van der Waals surface area contributed by atoms with E-state index in [1.54, 1.807) is 6.07 Å². The van der Waals surface area contributed by atoms with Crippen LogP contribution >= 0.6 is 0 Å². The average molecular weight is 379 g/mol. The van der Waals surface area contributed by atoms with E-state index in [0.29, 0.717) is 5.76 Å². The van der Waals surface area contributed by atoms with E-state index in [2.05, 4.69) is 10.5 Å². The van der Waals surface area contributed by atoms with Gasteiger partial charge in [0.25, 0.3) is 5.91 Å². The van der Waals surface area contributed by atoms with Crippen LogP contribution in [0.4, 0.5) is 0 Å². The van der Waals surface area contributed by atoms with Crippen LogP contribution in [0.25, 0.3) is 11.3 Å². The van der Waals surface area contributed by atoms with Gasteiger partial charge in [0.1, 0.15) is 0 Å². The molecule has 0 aliphatic carbocycles.